The minimum absolute atomic E-state index is 0.712. The molecule has 0 saturated carbocycles. The predicted molar refractivity (Wildman–Crippen MR) is 70.1 cm³/mol. The van der Waals surface area contributed by atoms with Crippen LogP contribution in [0.5, 0.6) is 0 Å². The fourth-order valence-corrected chi connectivity index (χ4v) is 1.67. The van der Waals surface area contributed by atoms with Crippen LogP contribution in [0.3, 0.4) is 0 Å². The lowest BCUT2D eigenvalue weighted by atomic mass is 10.3. The van der Waals surface area contributed by atoms with Gasteiger partial charge in [-0.15, -0.1) is 5.10 Å². The first-order valence-electron chi connectivity index (χ1n) is 5.85. The summed E-state index contributed by atoms with van der Waals surface area (Å²) in [4.78, 5) is 6.32. The molecule has 0 radical (unpaired) electrons. The van der Waals surface area contributed by atoms with Gasteiger partial charge in [0, 0.05) is 33.0 Å². The van der Waals surface area contributed by atoms with Gasteiger partial charge in [-0.3, -0.25) is 0 Å². The number of anilines is 1. The minimum Gasteiger partial charge on any atom is -0.351 e. The second-order valence-corrected chi connectivity index (χ2v) is 4.22. The third kappa shape index (κ3) is 2.84. The molecule has 6 heteroatoms. The standard InChI is InChI=1S/C12H18N6/c1-13-8-10-4-5-11(16-15-10)18(3)9-12-14-6-7-17(12)2/h4-7,13H,8-9H2,1-3H3. The molecule has 18 heavy (non-hydrogen) atoms. The molecule has 0 aliphatic heterocycles. The van der Waals surface area contributed by atoms with Gasteiger partial charge in [-0.25, -0.2) is 4.98 Å². The van der Waals surface area contributed by atoms with E-state index in [4.69, 9.17) is 0 Å². The molecule has 2 aromatic rings. The fourth-order valence-electron chi connectivity index (χ4n) is 1.67. The quantitative estimate of drug-likeness (QED) is 0.835. The molecule has 0 fully saturated rings. The van der Waals surface area contributed by atoms with Crippen molar-refractivity contribution in [3.05, 3.63) is 36.0 Å². The maximum atomic E-state index is 4.29. The molecule has 0 bridgehead atoms. The number of imidazole rings is 1. The fraction of sp³-hybridized carbons (Fsp3) is 0.417. The van der Waals surface area contributed by atoms with E-state index in [9.17, 15) is 0 Å². The Morgan fingerprint density at radius 1 is 1.33 bits per heavy atom. The summed E-state index contributed by atoms with van der Waals surface area (Å²) in [6.45, 7) is 1.44. The molecule has 96 valence electrons. The van der Waals surface area contributed by atoms with Crippen LogP contribution < -0.4 is 10.2 Å². The second-order valence-electron chi connectivity index (χ2n) is 4.22. The Kier molecular flexibility index (Phi) is 3.88. The summed E-state index contributed by atoms with van der Waals surface area (Å²) in [5.74, 6) is 1.84. The molecule has 2 aromatic heterocycles. The first-order chi connectivity index (χ1) is 8.70. The van der Waals surface area contributed by atoms with Crippen LogP contribution in [0.25, 0.3) is 0 Å². The SMILES string of the molecule is CNCc1ccc(N(C)Cc2nccn2C)nn1. The molecular formula is C12H18N6. The molecule has 1 N–H and O–H groups in total. The third-order valence-electron chi connectivity index (χ3n) is 2.75. The highest BCUT2D eigenvalue weighted by Gasteiger charge is 2.07. The monoisotopic (exact) mass is 246 g/mol. The number of hydrogen-bond donors (Lipinski definition) is 1. The molecule has 0 aliphatic rings. The Bertz CT molecular complexity index is 490. The van der Waals surface area contributed by atoms with E-state index in [1.807, 2.05) is 48.9 Å². The lowest BCUT2D eigenvalue weighted by molar-refractivity contribution is 0.735. The molecule has 2 heterocycles. The number of aryl methyl sites for hydroxylation is 1. The number of nitrogens with zero attached hydrogens (tertiary/aromatic N) is 5. The van der Waals surface area contributed by atoms with Crippen molar-refractivity contribution in [2.75, 3.05) is 19.0 Å². The van der Waals surface area contributed by atoms with E-state index in [0.717, 1.165) is 23.9 Å². The van der Waals surface area contributed by atoms with Crippen molar-refractivity contribution in [1.82, 2.24) is 25.1 Å². The van der Waals surface area contributed by atoms with E-state index in [1.54, 1.807) is 6.20 Å². The minimum atomic E-state index is 0.712. The van der Waals surface area contributed by atoms with Crippen LogP contribution in [0.4, 0.5) is 5.82 Å². The molecule has 0 aromatic carbocycles. The molecule has 2 rings (SSSR count). The van der Waals surface area contributed by atoms with Crippen LogP contribution >= 0.6 is 0 Å². The van der Waals surface area contributed by atoms with Gasteiger partial charge in [0.15, 0.2) is 5.82 Å². The number of aromatic nitrogens is 4. The molecule has 0 amide bonds. The van der Waals surface area contributed by atoms with Crippen LogP contribution in [-0.4, -0.2) is 33.8 Å². The predicted octanol–water partition coefficient (Wildman–Crippen LogP) is 0.566. The summed E-state index contributed by atoms with van der Waals surface area (Å²) < 4.78 is 2.00. The zero-order valence-corrected chi connectivity index (χ0v) is 11.0. The summed E-state index contributed by atoms with van der Waals surface area (Å²) >= 11 is 0. The molecule has 0 aliphatic carbocycles. The first kappa shape index (κ1) is 12.5. The van der Waals surface area contributed by atoms with Crippen molar-refractivity contribution in [2.45, 2.75) is 13.1 Å². The lowest BCUT2D eigenvalue weighted by Gasteiger charge is -2.17. The Morgan fingerprint density at radius 2 is 2.17 bits per heavy atom. The highest BCUT2D eigenvalue weighted by molar-refractivity contribution is 5.36. The molecule has 0 atom stereocenters. The second kappa shape index (κ2) is 5.59. The summed E-state index contributed by atoms with van der Waals surface area (Å²) in [7, 11) is 5.86. The number of nitrogens with one attached hydrogen (secondary N) is 1. The van der Waals surface area contributed by atoms with Crippen molar-refractivity contribution in [2.24, 2.45) is 7.05 Å². The van der Waals surface area contributed by atoms with E-state index >= 15 is 0 Å². The van der Waals surface area contributed by atoms with Gasteiger partial charge in [0.05, 0.1) is 12.2 Å². The Hall–Kier alpha value is -1.95. The largest absolute Gasteiger partial charge is 0.351 e. The zero-order chi connectivity index (χ0) is 13.0. The van der Waals surface area contributed by atoms with Gasteiger partial charge in [-0.1, -0.05) is 0 Å². The van der Waals surface area contributed by atoms with E-state index in [0.29, 0.717) is 6.54 Å². The Labute approximate surface area is 107 Å². The normalized spacial score (nSPS) is 10.6. The van der Waals surface area contributed by atoms with Crippen molar-refractivity contribution in [3.8, 4) is 0 Å². The summed E-state index contributed by atoms with van der Waals surface area (Å²) in [5, 5.41) is 11.4. The van der Waals surface area contributed by atoms with Crippen LogP contribution in [0, 0.1) is 0 Å². The van der Waals surface area contributed by atoms with Crippen molar-refractivity contribution >= 4 is 5.82 Å². The van der Waals surface area contributed by atoms with Crippen molar-refractivity contribution in [3.63, 3.8) is 0 Å². The van der Waals surface area contributed by atoms with E-state index in [1.165, 1.54) is 0 Å². The van der Waals surface area contributed by atoms with Crippen LogP contribution in [0.1, 0.15) is 11.5 Å². The lowest BCUT2D eigenvalue weighted by Crippen LogP contribution is -2.20. The van der Waals surface area contributed by atoms with Crippen LogP contribution in [0.2, 0.25) is 0 Å². The van der Waals surface area contributed by atoms with Gasteiger partial charge < -0.3 is 14.8 Å². The molecule has 0 saturated heterocycles. The average molecular weight is 246 g/mol. The van der Waals surface area contributed by atoms with Gasteiger partial charge in [0.1, 0.15) is 5.82 Å². The maximum Gasteiger partial charge on any atom is 0.151 e. The van der Waals surface area contributed by atoms with E-state index in [-0.39, 0.29) is 0 Å². The van der Waals surface area contributed by atoms with Crippen LogP contribution in [-0.2, 0) is 20.1 Å². The Morgan fingerprint density at radius 3 is 2.72 bits per heavy atom. The maximum absolute atomic E-state index is 4.29. The highest BCUT2D eigenvalue weighted by atomic mass is 15.3. The number of rotatable bonds is 5. The van der Waals surface area contributed by atoms with E-state index in [2.05, 4.69) is 20.5 Å². The third-order valence-corrected chi connectivity index (χ3v) is 2.75. The van der Waals surface area contributed by atoms with Gasteiger partial charge in [0.2, 0.25) is 0 Å². The van der Waals surface area contributed by atoms with Crippen LogP contribution in [0.15, 0.2) is 24.5 Å². The molecule has 0 spiro atoms. The molecular weight excluding hydrogens is 228 g/mol. The zero-order valence-electron chi connectivity index (χ0n) is 11.0. The van der Waals surface area contributed by atoms with Gasteiger partial charge >= 0.3 is 0 Å². The molecule has 0 unspecified atom stereocenters. The average Bonchev–Trinajstić information content (AvgIpc) is 2.76. The summed E-state index contributed by atoms with van der Waals surface area (Å²) in [6.07, 6.45) is 3.73. The highest BCUT2D eigenvalue weighted by Crippen LogP contribution is 2.10. The van der Waals surface area contributed by atoms with Gasteiger partial charge in [0.25, 0.3) is 0 Å². The van der Waals surface area contributed by atoms with Gasteiger partial charge in [-0.2, -0.15) is 5.10 Å². The number of hydrogen-bond acceptors (Lipinski definition) is 5. The first-order valence-corrected chi connectivity index (χ1v) is 5.85. The van der Waals surface area contributed by atoms with Crippen molar-refractivity contribution in [1.29, 1.82) is 0 Å². The summed E-state index contributed by atoms with van der Waals surface area (Å²) in [5.41, 5.74) is 0.937. The smallest absolute Gasteiger partial charge is 0.151 e. The molecule has 6 nitrogen and oxygen atoms in total. The topological polar surface area (TPSA) is 58.9 Å². The van der Waals surface area contributed by atoms with Gasteiger partial charge in [-0.05, 0) is 19.2 Å². The Balaban J connectivity index is 2.04. The summed E-state index contributed by atoms with van der Waals surface area (Å²) in [6, 6.07) is 3.95. The van der Waals surface area contributed by atoms with E-state index < -0.39 is 0 Å². The van der Waals surface area contributed by atoms with Crippen molar-refractivity contribution < 1.29 is 0 Å².